The van der Waals surface area contributed by atoms with Crippen molar-refractivity contribution in [1.82, 2.24) is 10.2 Å². The van der Waals surface area contributed by atoms with Crippen LogP contribution in [0.25, 0.3) is 0 Å². The van der Waals surface area contributed by atoms with Crippen LogP contribution in [0.2, 0.25) is 0 Å². The van der Waals surface area contributed by atoms with E-state index in [0.717, 1.165) is 37.4 Å². The molecule has 23 heavy (non-hydrogen) atoms. The van der Waals surface area contributed by atoms with Gasteiger partial charge in [-0.25, -0.2) is 4.39 Å². The van der Waals surface area contributed by atoms with Gasteiger partial charge in [-0.05, 0) is 74.8 Å². The van der Waals surface area contributed by atoms with E-state index in [0.29, 0.717) is 0 Å². The van der Waals surface area contributed by atoms with Crippen LogP contribution < -0.4 is 5.32 Å². The number of piperidine rings is 1. The van der Waals surface area contributed by atoms with E-state index < -0.39 is 0 Å². The predicted octanol–water partition coefficient (Wildman–Crippen LogP) is 3.17. The molecule has 0 radical (unpaired) electrons. The van der Waals surface area contributed by atoms with Gasteiger partial charge in [0, 0.05) is 12.5 Å². The number of carbonyl (C=O) groups is 1. The van der Waals surface area contributed by atoms with Gasteiger partial charge in [0.05, 0.1) is 0 Å². The number of carbonyl (C=O) groups excluding carboxylic acids is 1. The fourth-order valence-corrected chi connectivity index (χ4v) is 3.49. The van der Waals surface area contributed by atoms with Crippen LogP contribution in [-0.4, -0.2) is 37.0 Å². The third-order valence-corrected chi connectivity index (χ3v) is 5.25. The van der Waals surface area contributed by atoms with Crippen LogP contribution in [0.1, 0.15) is 44.1 Å². The summed E-state index contributed by atoms with van der Waals surface area (Å²) in [7, 11) is 0. The monoisotopic (exact) mass is 318 g/mol. The molecular weight excluding hydrogens is 291 g/mol. The van der Waals surface area contributed by atoms with Crippen LogP contribution in [0, 0.1) is 17.7 Å². The van der Waals surface area contributed by atoms with Crippen LogP contribution in [-0.2, 0) is 4.79 Å². The molecule has 3 nitrogen and oxygen atoms in total. The molecule has 3 rings (SSSR count). The Kier molecular flexibility index (Phi) is 5.31. The van der Waals surface area contributed by atoms with Gasteiger partial charge in [0.2, 0.25) is 5.91 Å². The lowest BCUT2D eigenvalue weighted by Crippen LogP contribution is -2.35. The summed E-state index contributed by atoms with van der Waals surface area (Å²) in [5.74, 6) is 1.16. The number of rotatable bonds is 6. The number of hydrogen-bond acceptors (Lipinski definition) is 2. The summed E-state index contributed by atoms with van der Waals surface area (Å²) >= 11 is 0. The molecule has 2 aliphatic rings. The van der Waals surface area contributed by atoms with Gasteiger partial charge in [-0.15, -0.1) is 0 Å². The van der Waals surface area contributed by atoms with Crippen molar-refractivity contribution in [3.05, 3.63) is 35.6 Å². The highest BCUT2D eigenvalue weighted by molar-refractivity contribution is 5.82. The Hall–Kier alpha value is -1.42. The Morgan fingerprint density at radius 2 is 1.96 bits per heavy atom. The average molecular weight is 318 g/mol. The molecule has 1 N–H and O–H groups in total. The normalized spacial score (nSPS) is 25.3. The first kappa shape index (κ1) is 16.4. The van der Waals surface area contributed by atoms with Crippen molar-refractivity contribution in [3.8, 4) is 0 Å². The molecule has 1 saturated carbocycles. The molecule has 0 aromatic heterocycles. The van der Waals surface area contributed by atoms with Crippen LogP contribution in [0.15, 0.2) is 24.3 Å². The van der Waals surface area contributed by atoms with Gasteiger partial charge < -0.3 is 10.2 Å². The smallest absolute Gasteiger partial charge is 0.223 e. The molecule has 1 aliphatic heterocycles. The van der Waals surface area contributed by atoms with Crippen LogP contribution >= 0.6 is 0 Å². The second-order valence-corrected chi connectivity index (χ2v) is 7.17. The maximum absolute atomic E-state index is 12.9. The number of nitrogens with zero attached hydrogens (tertiary/aromatic N) is 1. The topological polar surface area (TPSA) is 32.3 Å². The molecule has 2 fully saturated rings. The highest BCUT2D eigenvalue weighted by Crippen LogP contribution is 2.47. The van der Waals surface area contributed by atoms with Crippen molar-refractivity contribution in [2.45, 2.75) is 38.5 Å². The van der Waals surface area contributed by atoms with Gasteiger partial charge in [-0.3, -0.25) is 4.79 Å². The zero-order valence-electron chi connectivity index (χ0n) is 13.9. The zero-order valence-corrected chi connectivity index (χ0v) is 13.9. The van der Waals surface area contributed by atoms with Crippen molar-refractivity contribution in [2.75, 3.05) is 26.2 Å². The van der Waals surface area contributed by atoms with Gasteiger partial charge >= 0.3 is 0 Å². The molecule has 1 aromatic rings. The molecule has 1 saturated heterocycles. The Morgan fingerprint density at radius 3 is 2.65 bits per heavy atom. The Labute approximate surface area is 138 Å². The molecule has 1 aromatic carbocycles. The van der Waals surface area contributed by atoms with Crippen molar-refractivity contribution in [2.24, 2.45) is 11.8 Å². The standard InChI is InChI=1S/C19H27FN2O/c1-14-7-11-22(12-8-14)10-2-9-21-19(23)18-13-17(18)15-3-5-16(20)6-4-15/h3-6,14,17-18H,2,7-13H2,1H3,(H,21,23). The van der Waals surface area contributed by atoms with E-state index in [1.807, 2.05) is 0 Å². The Bertz CT molecular complexity index is 523. The van der Waals surface area contributed by atoms with E-state index in [1.54, 1.807) is 12.1 Å². The second-order valence-electron chi connectivity index (χ2n) is 7.17. The van der Waals surface area contributed by atoms with E-state index in [4.69, 9.17) is 0 Å². The fourth-order valence-electron chi connectivity index (χ4n) is 3.49. The van der Waals surface area contributed by atoms with E-state index in [-0.39, 0.29) is 23.6 Å². The lowest BCUT2D eigenvalue weighted by atomic mass is 9.99. The fraction of sp³-hybridized carbons (Fsp3) is 0.632. The molecule has 2 unspecified atom stereocenters. The number of benzene rings is 1. The van der Waals surface area contributed by atoms with Gasteiger partial charge in [0.15, 0.2) is 0 Å². The summed E-state index contributed by atoms with van der Waals surface area (Å²) in [6, 6.07) is 6.54. The molecule has 2 atom stereocenters. The van der Waals surface area contributed by atoms with Gasteiger partial charge in [0.25, 0.3) is 0 Å². The van der Waals surface area contributed by atoms with Gasteiger partial charge in [-0.2, -0.15) is 0 Å². The third-order valence-electron chi connectivity index (χ3n) is 5.25. The quantitative estimate of drug-likeness (QED) is 0.817. The number of nitrogens with one attached hydrogen (secondary N) is 1. The first-order valence-corrected chi connectivity index (χ1v) is 8.89. The van der Waals surface area contributed by atoms with Gasteiger partial charge in [-0.1, -0.05) is 19.1 Å². The summed E-state index contributed by atoms with van der Waals surface area (Å²) < 4.78 is 12.9. The van der Waals surface area contributed by atoms with Crippen LogP contribution in [0.5, 0.6) is 0 Å². The maximum Gasteiger partial charge on any atom is 0.223 e. The zero-order chi connectivity index (χ0) is 16.2. The molecule has 1 heterocycles. The molecule has 4 heteroatoms. The number of likely N-dealkylation sites (tertiary alicyclic amines) is 1. The molecule has 0 bridgehead atoms. The van der Waals surface area contributed by atoms with Crippen molar-refractivity contribution in [3.63, 3.8) is 0 Å². The lowest BCUT2D eigenvalue weighted by Gasteiger charge is -2.30. The number of amides is 1. The maximum atomic E-state index is 12.9. The average Bonchev–Trinajstić information content (AvgIpc) is 3.34. The SMILES string of the molecule is CC1CCN(CCCNC(=O)C2CC2c2ccc(F)cc2)CC1. The van der Waals surface area contributed by atoms with E-state index in [1.165, 1.54) is 38.1 Å². The highest BCUT2D eigenvalue weighted by Gasteiger charge is 2.43. The minimum Gasteiger partial charge on any atom is -0.356 e. The number of hydrogen-bond donors (Lipinski definition) is 1. The Morgan fingerprint density at radius 1 is 1.26 bits per heavy atom. The van der Waals surface area contributed by atoms with E-state index in [2.05, 4.69) is 17.1 Å². The summed E-state index contributed by atoms with van der Waals surface area (Å²) in [4.78, 5) is 14.7. The summed E-state index contributed by atoms with van der Waals surface area (Å²) in [5, 5.41) is 3.06. The molecular formula is C19H27FN2O. The van der Waals surface area contributed by atoms with Gasteiger partial charge in [0.1, 0.15) is 5.82 Å². The predicted molar refractivity (Wildman–Crippen MR) is 89.7 cm³/mol. The first-order valence-electron chi connectivity index (χ1n) is 8.89. The molecule has 126 valence electrons. The summed E-state index contributed by atoms with van der Waals surface area (Å²) in [6.07, 6.45) is 4.51. The minimum absolute atomic E-state index is 0.0799. The minimum atomic E-state index is -0.220. The third kappa shape index (κ3) is 4.54. The summed E-state index contributed by atoms with van der Waals surface area (Å²) in [5.41, 5.74) is 1.08. The highest BCUT2D eigenvalue weighted by atomic mass is 19.1. The van der Waals surface area contributed by atoms with Crippen molar-refractivity contribution >= 4 is 5.91 Å². The van der Waals surface area contributed by atoms with E-state index >= 15 is 0 Å². The molecule has 1 aliphatic carbocycles. The summed E-state index contributed by atoms with van der Waals surface area (Å²) in [6.45, 7) is 6.57. The number of halogens is 1. The second kappa shape index (κ2) is 7.43. The van der Waals surface area contributed by atoms with Crippen LogP contribution in [0.4, 0.5) is 4.39 Å². The van der Waals surface area contributed by atoms with Crippen molar-refractivity contribution in [1.29, 1.82) is 0 Å². The molecule has 0 spiro atoms. The van der Waals surface area contributed by atoms with Crippen molar-refractivity contribution < 1.29 is 9.18 Å². The largest absolute Gasteiger partial charge is 0.356 e. The molecule has 1 amide bonds. The van der Waals surface area contributed by atoms with Crippen LogP contribution in [0.3, 0.4) is 0 Å². The lowest BCUT2D eigenvalue weighted by molar-refractivity contribution is -0.122. The Balaban J connectivity index is 1.32. The first-order chi connectivity index (χ1) is 11.1. The van der Waals surface area contributed by atoms with E-state index in [9.17, 15) is 9.18 Å².